The highest BCUT2D eigenvalue weighted by atomic mass is 19.4. The maximum Gasteiger partial charge on any atom is 0.430 e. The number of rotatable bonds is 10. The first-order valence-corrected chi connectivity index (χ1v) is 13.4. The van der Waals surface area contributed by atoms with Crippen LogP contribution in [0.15, 0.2) is 42.5 Å². The van der Waals surface area contributed by atoms with Crippen molar-refractivity contribution < 1.29 is 41.0 Å². The number of carbonyl (C=O) groups is 1. The minimum Gasteiger partial charge on any atom is -0.469 e. The molecule has 0 spiro atoms. The van der Waals surface area contributed by atoms with Gasteiger partial charge in [-0.1, -0.05) is 62.1 Å². The predicted octanol–water partition coefficient (Wildman–Crippen LogP) is 8.36. The Morgan fingerprint density at radius 1 is 0.902 bits per heavy atom. The summed E-state index contributed by atoms with van der Waals surface area (Å²) in [6, 6.07) is 11.0. The molecule has 224 valence electrons. The Morgan fingerprint density at radius 3 is 1.95 bits per heavy atom. The lowest BCUT2D eigenvalue weighted by Gasteiger charge is -2.34. The molecule has 9 heteroatoms. The van der Waals surface area contributed by atoms with Crippen molar-refractivity contribution in [1.29, 1.82) is 0 Å². The fourth-order valence-electron chi connectivity index (χ4n) is 4.80. The van der Waals surface area contributed by atoms with E-state index in [1.807, 2.05) is 32.9 Å². The zero-order valence-electron chi connectivity index (χ0n) is 23.9. The molecule has 0 unspecified atom stereocenters. The van der Waals surface area contributed by atoms with Gasteiger partial charge < -0.3 is 9.84 Å². The number of halogens is 6. The van der Waals surface area contributed by atoms with Crippen molar-refractivity contribution in [3.05, 3.63) is 75.9 Å². The zero-order valence-corrected chi connectivity index (χ0v) is 23.9. The van der Waals surface area contributed by atoms with E-state index in [9.17, 15) is 36.2 Å². The molecule has 2 rings (SSSR count). The molecule has 0 aliphatic carbocycles. The minimum atomic E-state index is -5.92. The van der Waals surface area contributed by atoms with E-state index in [0.717, 1.165) is 28.7 Å². The fourth-order valence-corrected chi connectivity index (χ4v) is 4.80. The summed E-state index contributed by atoms with van der Waals surface area (Å²) < 4.78 is 83.1. The van der Waals surface area contributed by atoms with Crippen LogP contribution in [0.25, 0.3) is 6.08 Å². The molecule has 0 saturated carbocycles. The third-order valence-corrected chi connectivity index (χ3v) is 7.56. The number of aryl methyl sites for hydroxylation is 2. The van der Waals surface area contributed by atoms with Gasteiger partial charge in [0.1, 0.15) is 0 Å². The highest BCUT2D eigenvalue weighted by Crippen LogP contribution is 2.45. The van der Waals surface area contributed by atoms with Crippen molar-refractivity contribution in [3.8, 4) is 11.8 Å². The third kappa shape index (κ3) is 7.73. The normalized spacial score (nSPS) is 12.8. The van der Waals surface area contributed by atoms with Crippen LogP contribution in [0.4, 0.5) is 26.3 Å². The van der Waals surface area contributed by atoms with E-state index in [4.69, 9.17) is 0 Å². The lowest BCUT2D eigenvalue weighted by molar-refractivity contribution is -0.347. The number of alkyl halides is 6. The number of hydrogen-bond donors (Lipinski definition) is 1. The molecule has 0 radical (unpaired) electrons. The predicted molar refractivity (Wildman–Crippen MR) is 147 cm³/mol. The Morgan fingerprint density at radius 2 is 1.46 bits per heavy atom. The van der Waals surface area contributed by atoms with Gasteiger partial charge in [-0.15, -0.1) is 0 Å². The van der Waals surface area contributed by atoms with Crippen LogP contribution in [-0.4, -0.2) is 36.1 Å². The number of ether oxygens (including phenoxy) is 1. The van der Waals surface area contributed by atoms with Crippen LogP contribution < -0.4 is 0 Å². The first-order chi connectivity index (χ1) is 19.1. The minimum absolute atomic E-state index is 0.134. The van der Waals surface area contributed by atoms with Crippen molar-refractivity contribution in [2.45, 2.75) is 89.6 Å². The number of aliphatic hydroxyl groups is 1. The summed E-state index contributed by atoms with van der Waals surface area (Å²) in [5.41, 5.74) is -1.04. The largest absolute Gasteiger partial charge is 0.469 e. The van der Waals surface area contributed by atoms with Crippen molar-refractivity contribution in [3.63, 3.8) is 0 Å². The Labute approximate surface area is 237 Å². The van der Waals surface area contributed by atoms with Gasteiger partial charge in [0.05, 0.1) is 7.11 Å². The van der Waals surface area contributed by atoms with Crippen molar-refractivity contribution in [2.75, 3.05) is 7.11 Å². The summed E-state index contributed by atoms with van der Waals surface area (Å²) in [7, 11) is 1.36. The van der Waals surface area contributed by atoms with E-state index >= 15 is 0 Å². The Hall–Kier alpha value is -3.25. The number of benzene rings is 2. The van der Waals surface area contributed by atoms with Crippen LogP contribution in [0.2, 0.25) is 0 Å². The molecule has 41 heavy (non-hydrogen) atoms. The Kier molecular flexibility index (Phi) is 11.3. The van der Waals surface area contributed by atoms with E-state index < -0.39 is 23.4 Å². The van der Waals surface area contributed by atoms with E-state index in [-0.39, 0.29) is 17.6 Å². The Bertz CT molecular complexity index is 1280. The van der Waals surface area contributed by atoms with E-state index in [0.29, 0.717) is 43.7 Å². The van der Waals surface area contributed by atoms with E-state index in [2.05, 4.69) is 22.6 Å². The Balaban J connectivity index is 2.35. The number of hydrogen-bond acceptors (Lipinski definition) is 3. The van der Waals surface area contributed by atoms with Gasteiger partial charge in [-0.2, -0.15) is 26.3 Å². The average Bonchev–Trinajstić information content (AvgIpc) is 2.90. The van der Waals surface area contributed by atoms with Gasteiger partial charge in [-0.3, -0.25) is 4.79 Å². The molecule has 0 atom stereocenters. The zero-order chi connectivity index (χ0) is 31.1. The van der Waals surface area contributed by atoms with Gasteiger partial charge in [0.2, 0.25) is 0 Å². The van der Waals surface area contributed by atoms with Crippen molar-refractivity contribution in [1.82, 2.24) is 0 Å². The summed E-state index contributed by atoms with van der Waals surface area (Å²) in [6.45, 7) is 7.62. The molecule has 0 fully saturated rings. The lowest BCUT2D eigenvalue weighted by Crippen LogP contribution is -2.55. The van der Waals surface area contributed by atoms with Gasteiger partial charge in [0.25, 0.3) is 5.60 Å². The molecule has 3 nitrogen and oxygen atoms in total. The second-order valence-corrected chi connectivity index (χ2v) is 10.1. The van der Waals surface area contributed by atoms with Crippen LogP contribution in [-0.2, 0) is 14.9 Å². The van der Waals surface area contributed by atoms with Gasteiger partial charge in [-0.05, 0) is 79.5 Å². The summed E-state index contributed by atoms with van der Waals surface area (Å²) >= 11 is 0. The molecule has 0 saturated heterocycles. The highest BCUT2D eigenvalue weighted by Gasteiger charge is 2.68. The van der Waals surface area contributed by atoms with Gasteiger partial charge in [0.15, 0.2) is 0 Å². The second-order valence-electron chi connectivity index (χ2n) is 10.1. The number of carbonyl (C=O) groups excluding carboxylic acids is 1. The molecule has 0 aliphatic rings. The van der Waals surface area contributed by atoms with Crippen molar-refractivity contribution >= 4 is 12.0 Å². The summed E-state index contributed by atoms with van der Waals surface area (Å²) in [5, 5.41) is 9.45. The molecule has 0 amide bonds. The molecule has 0 bridgehead atoms. The van der Waals surface area contributed by atoms with Crippen LogP contribution in [0.5, 0.6) is 0 Å². The molecule has 0 aromatic heterocycles. The second kappa shape index (κ2) is 13.6. The van der Waals surface area contributed by atoms with E-state index in [1.165, 1.54) is 13.2 Å². The first-order valence-electron chi connectivity index (χ1n) is 13.4. The third-order valence-electron chi connectivity index (χ3n) is 7.56. The van der Waals surface area contributed by atoms with Crippen LogP contribution in [0.3, 0.4) is 0 Å². The average molecular weight is 583 g/mol. The quantitative estimate of drug-likeness (QED) is 0.133. The standard InChI is InChI=1S/C32H36F6O3/c1-6-29(7-2,26-16-14-24(22(3)20-26)12-10-8-9-11-13-28(39)41-5)27-17-15-25(23(4)21-27)18-19-30(40,31(33,34)35)32(36,37)38/h14-21,40H,6-9,11,13H2,1-5H3. The molecule has 0 aliphatic heterocycles. The van der Waals surface area contributed by atoms with Crippen molar-refractivity contribution in [2.24, 2.45) is 0 Å². The summed E-state index contributed by atoms with van der Waals surface area (Å²) in [6.07, 6.45) is -7.54. The maximum atomic E-state index is 13.1. The number of unbranched alkanes of at least 4 members (excludes halogenated alkanes) is 2. The summed E-state index contributed by atoms with van der Waals surface area (Å²) in [5.74, 6) is 6.08. The molecule has 0 heterocycles. The molecular weight excluding hydrogens is 546 g/mol. The lowest BCUT2D eigenvalue weighted by atomic mass is 9.69. The topological polar surface area (TPSA) is 46.5 Å². The van der Waals surface area contributed by atoms with Gasteiger partial charge in [0, 0.05) is 23.8 Å². The molecule has 1 N–H and O–H groups in total. The fraction of sp³-hybridized carbons (Fsp3) is 0.469. The number of methoxy groups -OCH3 is 1. The molecule has 2 aromatic carbocycles. The van der Waals surface area contributed by atoms with Gasteiger partial charge >= 0.3 is 18.3 Å². The summed E-state index contributed by atoms with van der Waals surface area (Å²) in [4.78, 5) is 11.2. The monoisotopic (exact) mass is 582 g/mol. The van der Waals surface area contributed by atoms with Gasteiger partial charge in [-0.25, -0.2) is 0 Å². The van der Waals surface area contributed by atoms with Crippen LogP contribution >= 0.6 is 0 Å². The SMILES string of the molecule is CCC(CC)(c1ccc(C#CCCCCC(=O)OC)c(C)c1)c1ccc(C=CC(O)(C(F)(F)F)C(F)(F)F)c(C)c1. The molecule has 2 aromatic rings. The van der Waals surface area contributed by atoms with Crippen LogP contribution in [0, 0.1) is 25.7 Å². The molecular formula is C32H36F6O3. The first kappa shape index (κ1) is 34.0. The number of esters is 1. The smallest absolute Gasteiger partial charge is 0.430 e. The van der Waals surface area contributed by atoms with Crippen LogP contribution in [0.1, 0.15) is 85.8 Å². The highest BCUT2D eigenvalue weighted by molar-refractivity contribution is 5.69. The maximum absolute atomic E-state index is 13.1. The van der Waals surface area contributed by atoms with E-state index in [1.54, 1.807) is 19.1 Å².